The first-order valence-electron chi connectivity index (χ1n) is 5.30. The van der Waals surface area contributed by atoms with Crippen LogP contribution in [-0.4, -0.2) is 24.8 Å². The first-order valence-corrected chi connectivity index (χ1v) is 5.30. The summed E-state index contributed by atoms with van der Waals surface area (Å²) in [5, 5.41) is 9.13. The first kappa shape index (κ1) is 13.1. The van der Waals surface area contributed by atoms with Gasteiger partial charge in [-0.3, -0.25) is 0 Å². The molecule has 1 N–H and O–H groups in total. The molecule has 4 heteroatoms. The first-order chi connectivity index (χ1) is 8.13. The summed E-state index contributed by atoms with van der Waals surface area (Å²) in [5.41, 5.74) is 1.61. The second-order valence-electron chi connectivity index (χ2n) is 3.44. The molecule has 0 aliphatic heterocycles. The van der Waals surface area contributed by atoms with E-state index >= 15 is 0 Å². The van der Waals surface area contributed by atoms with Crippen molar-refractivity contribution in [3.8, 4) is 5.75 Å². The van der Waals surface area contributed by atoms with Gasteiger partial charge < -0.3 is 14.6 Å². The van der Waals surface area contributed by atoms with Crippen molar-refractivity contribution in [2.45, 2.75) is 13.8 Å². The topological polar surface area (TPSA) is 55.8 Å². The second kappa shape index (κ2) is 5.94. The van der Waals surface area contributed by atoms with E-state index in [0.29, 0.717) is 11.3 Å². The number of aliphatic hydroxyl groups is 1. The van der Waals surface area contributed by atoms with Gasteiger partial charge >= 0.3 is 5.97 Å². The number of aryl methyl sites for hydroxylation is 1. The minimum Gasteiger partial charge on any atom is -0.515 e. The summed E-state index contributed by atoms with van der Waals surface area (Å²) < 4.78 is 9.94. The van der Waals surface area contributed by atoms with Crippen LogP contribution < -0.4 is 4.74 Å². The molecule has 1 aromatic carbocycles. The molecule has 0 aromatic heterocycles. The lowest BCUT2D eigenvalue weighted by Gasteiger charge is -2.10. The highest BCUT2D eigenvalue weighted by Crippen LogP contribution is 2.24. The number of aliphatic hydroxyl groups excluding tert-OH is 1. The van der Waals surface area contributed by atoms with E-state index in [9.17, 15) is 4.79 Å². The molecule has 0 saturated carbocycles. The average Bonchev–Trinajstić information content (AvgIpc) is 2.32. The van der Waals surface area contributed by atoms with Crippen molar-refractivity contribution in [2.24, 2.45) is 0 Å². The summed E-state index contributed by atoms with van der Waals surface area (Å²) >= 11 is 0. The molecule has 0 aliphatic carbocycles. The minimum absolute atomic E-state index is 0.145. The lowest BCUT2D eigenvalue weighted by Crippen LogP contribution is -2.08. The van der Waals surface area contributed by atoms with Crippen LogP contribution in [0.15, 0.2) is 24.5 Å². The Labute approximate surface area is 100 Å². The lowest BCUT2D eigenvalue weighted by molar-refractivity contribution is -0.136. The molecule has 0 saturated heterocycles. The van der Waals surface area contributed by atoms with E-state index in [0.717, 1.165) is 11.8 Å². The highest BCUT2D eigenvalue weighted by Gasteiger charge is 2.15. The summed E-state index contributed by atoms with van der Waals surface area (Å²) in [5.74, 6) is 0.163. The highest BCUT2D eigenvalue weighted by atomic mass is 16.5. The van der Waals surface area contributed by atoms with Gasteiger partial charge in [-0.1, -0.05) is 6.07 Å². The van der Waals surface area contributed by atoms with E-state index in [-0.39, 0.29) is 12.2 Å². The van der Waals surface area contributed by atoms with Crippen molar-refractivity contribution >= 4 is 11.5 Å². The fourth-order valence-electron chi connectivity index (χ4n) is 1.51. The van der Waals surface area contributed by atoms with Crippen molar-refractivity contribution in [2.75, 3.05) is 13.7 Å². The molecule has 0 amide bonds. The molecular formula is C13H16O4. The van der Waals surface area contributed by atoms with Crippen LogP contribution in [0.5, 0.6) is 5.75 Å². The summed E-state index contributed by atoms with van der Waals surface area (Å²) in [7, 11) is 1.57. The van der Waals surface area contributed by atoms with Gasteiger partial charge in [-0.2, -0.15) is 0 Å². The Kier molecular flexibility index (Phi) is 4.57. The maximum atomic E-state index is 11.6. The molecule has 0 spiro atoms. The zero-order chi connectivity index (χ0) is 12.8. The van der Waals surface area contributed by atoms with Gasteiger partial charge in [0.15, 0.2) is 0 Å². The standard InChI is InChI=1S/C13H16O4/c1-4-17-13(15)12(8-14)11-6-5-10(16-3)7-9(11)2/h5-8,14H,4H2,1-3H3. The molecule has 0 aliphatic rings. The number of benzene rings is 1. The van der Waals surface area contributed by atoms with Crippen LogP contribution in [0.4, 0.5) is 0 Å². The fraction of sp³-hybridized carbons (Fsp3) is 0.308. The predicted molar refractivity (Wildman–Crippen MR) is 65.0 cm³/mol. The molecule has 0 bridgehead atoms. The van der Waals surface area contributed by atoms with Crippen LogP contribution in [-0.2, 0) is 9.53 Å². The number of hydrogen-bond donors (Lipinski definition) is 1. The Morgan fingerprint density at radius 3 is 2.65 bits per heavy atom. The smallest absolute Gasteiger partial charge is 0.341 e. The summed E-state index contributed by atoms with van der Waals surface area (Å²) in [6.07, 6.45) is 0.771. The van der Waals surface area contributed by atoms with Crippen LogP contribution in [0.2, 0.25) is 0 Å². The highest BCUT2D eigenvalue weighted by molar-refractivity contribution is 6.16. The van der Waals surface area contributed by atoms with Gasteiger partial charge in [-0.15, -0.1) is 0 Å². The Balaban J connectivity index is 3.09. The quantitative estimate of drug-likeness (QED) is 0.495. The van der Waals surface area contributed by atoms with Crippen LogP contribution >= 0.6 is 0 Å². The third kappa shape index (κ3) is 3.00. The van der Waals surface area contributed by atoms with E-state index in [2.05, 4.69) is 0 Å². The van der Waals surface area contributed by atoms with Crippen molar-refractivity contribution in [3.63, 3.8) is 0 Å². The van der Waals surface area contributed by atoms with E-state index in [1.165, 1.54) is 0 Å². The number of methoxy groups -OCH3 is 1. The van der Waals surface area contributed by atoms with Gasteiger partial charge in [0.2, 0.25) is 0 Å². The Bertz CT molecular complexity index is 435. The van der Waals surface area contributed by atoms with Gasteiger partial charge in [0, 0.05) is 0 Å². The molecule has 17 heavy (non-hydrogen) atoms. The Morgan fingerprint density at radius 2 is 2.18 bits per heavy atom. The SMILES string of the molecule is CCOC(=O)C(=CO)c1ccc(OC)cc1C. The van der Waals surface area contributed by atoms with Gasteiger partial charge in [0.1, 0.15) is 11.3 Å². The summed E-state index contributed by atoms with van der Waals surface area (Å²) in [6.45, 7) is 3.82. The minimum atomic E-state index is -0.539. The van der Waals surface area contributed by atoms with Gasteiger partial charge in [-0.05, 0) is 37.1 Å². The monoisotopic (exact) mass is 236 g/mol. The number of hydrogen-bond acceptors (Lipinski definition) is 4. The van der Waals surface area contributed by atoms with Crippen LogP contribution in [0.3, 0.4) is 0 Å². The lowest BCUT2D eigenvalue weighted by atomic mass is 10.0. The predicted octanol–water partition coefficient (Wildman–Crippen LogP) is 2.47. The van der Waals surface area contributed by atoms with Gasteiger partial charge in [-0.25, -0.2) is 4.79 Å². The van der Waals surface area contributed by atoms with Crippen LogP contribution in [0.1, 0.15) is 18.1 Å². The van der Waals surface area contributed by atoms with E-state index in [1.807, 2.05) is 6.92 Å². The maximum absolute atomic E-state index is 11.6. The fourth-order valence-corrected chi connectivity index (χ4v) is 1.51. The second-order valence-corrected chi connectivity index (χ2v) is 3.44. The number of ether oxygens (including phenoxy) is 2. The van der Waals surface area contributed by atoms with Crippen molar-refractivity contribution < 1.29 is 19.4 Å². The number of carbonyl (C=O) groups is 1. The summed E-state index contributed by atoms with van der Waals surface area (Å²) in [4.78, 5) is 11.6. The molecule has 0 heterocycles. The van der Waals surface area contributed by atoms with Crippen LogP contribution in [0, 0.1) is 6.92 Å². The van der Waals surface area contributed by atoms with Crippen LogP contribution in [0.25, 0.3) is 5.57 Å². The zero-order valence-electron chi connectivity index (χ0n) is 10.2. The number of carbonyl (C=O) groups excluding carboxylic acids is 1. The molecule has 4 nitrogen and oxygen atoms in total. The Hall–Kier alpha value is -1.97. The third-order valence-electron chi connectivity index (χ3n) is 2.35. The molecule has 0 atom stereocenters. The molecule has 0 fully saturated rings. The molecule has 1 aromatic rings. The van der Waals surface area contributed by atoms with E-state index < -0.39 is 5.97 Å². The largest absolute Gasteiger partial charge is 0.515 e. The number of rotatable bonds is 4. The van der Waals surface area contributed by atoms with Gasteiger partial charge in [0.05, 0.1) is 20.0 Å². The molecule has 92 valence electrons. The molecule has 0 radical (unpaired) electrons. The van der Waals surface area contributed by atoms with Crippen molar-refractivity contribution in [1.29, 1.82) is 0 Å². The summed E-state index contributed by atoms with van der Waals surface area (Å²) in [6, 6.07) is 5.23. The maximum Gasteiger partial charge on any atom is 0.341 e. The van der Waals surface area contributed by atoms with Gasteiger partial charge in [0.25, 0.3) is 0 Å². The molecule has 0 unspecified atom stereocenters. The third-order valence-corrected chi connectivity index (χ3v) is 2.35. The number of esters is 1. The van der Waals surface area contributed by atoms with Crippen molar-refractivity contribution in [1.82, 2.24) is 0 Å². The van der Waals surface area contributed by atoms with E-state index in [1.54, 1.807) is 32.2 Å². The zero-order valence-corrected chi connectivity index (χ0v) is 10.2. The van der Waals surface area contributed by atoms with Crippen molar-refractivity contribution in [3.05, 3.63) is 35.6 Å². The normalized spacial score (nSPS) is 11.1. The molecule has 1 rings (SSSR count). The molecular weight excluding hydrogens is 220 g/mol. The Morgan fingerprint density at radius 1 is 1.47 bits per heavy atom. The van der Waals surface area contributed by atoms with E-state index in [4.69, 9.17) is 14.6 Å². The average molecular weight is 236 g/mol.